The number of fused-ring (bicyclic) bond motifs is 1. The topological polar surface area (TPSA) is 92.9 Å². The minimum Gasteiger partial charge on any atom is -0.480 e. The molecule has 1 aliphatic carbocycles. The molecule has 4 atom stereocenters. The van der Waals surface area contributed by atoms with E-state index in [1.807, 2.05) is 0 Å². The molecule has 2 aliphatic rings. The molecule has 6 heteroatoms. The zero-order valence-corrected chi connectivity index (χ0v) is 10.5. The Labute approximate surface area is 106 Å². The maximum Gasteiger partial charge on any atom is 0.341 e. The minimum absolute atomic E-state index is 0.0440. The molecule has 0 aromatic carbocycles. The summed E-state index contributed by atoms with van der Waals surface area (Å²) >= 11 is 0. The van der Waals surface area contributed by atoms with Crippen LogP contribution in [0.25, 0.3) is 0 Å². The first-order valence-electron chi connectivity index (χ1n) is 6.49. The highest BCUT2D eigenvalue weighted by atomic mass is 16.7. The van der Waals surface area contributed by atoms with Gasteiger partial charge in [0.2, 0.25) is 0 Å². The normalized spacial score (nSPS) is 33.8. The lowest BCUT2D eigenvalue weighted by Gasteiger charge is -2.31. The maximum atomic E-state index is 11.6. The number of carboxylic acid groups (broad SMARTS) is 1. The first-order chi connectivity index (χ1) is 8.50. The smallest absolute Gasteiger partial charge is 0.341 e. The van der Waals surface area contributed by atoms with Crippen molar-refractivity contribution in [3.63, 3.8) is 0 Å². The summed E-state index contributed by atoms with van der Waals surface area (Å²) in [7, 11) is 0. The second-order valence-electron chi connectivity index (χ2n) is 5.26. The van der Waals surface area contributed by atoms with E-state index < -0.39 is 24.0 Å². The van der Waals surface area contributed by atoms with Gasteiger partial charge in [-0.05, 0) is 32.1 Å². The molecule has 1 aliphatic heterocycles. The molecule has 102 valence electrons. The van der Waals surface area contributed by atoms with Gasteiger partial charge >= 0.3 is 11.9 Å². The van der Waals surface area contributed by atoms with E-state index in [9.17, 15) is 14.7 Å². The molecule has 1 heterocycles. The van der Waals surface area contributed by atoms with E-state index in [-0.39, 0.29) is 6.04 Å². The molecule has 18 heavy (non-hydrogen) atoms. The Balaban J connectivity index is 2.11. The molecular formula is C12H20N2O4. The lowest BCUT2D eigenvalue weighted by atomic mass is 9.85. The number of carbonyl (C=O) groups excluding carboxylic acids is 1. The summed E-state index contributed by atoms with van der Waals surface area (Å²) < 4.78 is 0. The largest absolute Gasteiger partial charge is 0.480 e. The molecule has 0 spiro atoms. The highest BCUT2D eigenvalue weighted by Gasteiger charge is 2.47. The summed E-state index contributed by atoms with van der Waals surface area (Å²) in [4.78, 5) is 28.0. The third-order valence-corrected chi connectivity index (χ3v) is 3.88. The first kappa shape index (κ1) is 13.3. The number of aliphatic carboxylic acids is 1. The van der Waals surface area contributed by atoms with Gasteiger partial charge in [0.25, 0.3) is 0 Å². The molecule has 2 rings (SSSR count). The molecule has 6 nitrogen and oxygen atoms in total. The molecule has 1 saturated carbocycles. The fourth-order valence-electron chi connectivity index (χ4n) is 2.95. The first-order valence-corrected chi connectivity index (χ1v) is 6.49. The molecule has 0 radical (unpaired) electrons. The Morgan fingerprint density at radius 2 is 2.06 bits per heavy atom. The Morgan fingerprint density at radius 3 is 2.67 bits per heavy atom. The third-order valence-electron chi connectivity index (χ3n) is 3.88. The van der Waals surface area contributed by atoms with Crippen LogP contribution in [0, 0.1) is 5.92 Å². The summed E-state index contributed by atoms with van der Waals surface area (Å²) in [6.07, 6.45) is 4.65. The van der Waals surface area contributed by atoms with Crippen LogP contribution in [0.3, 0.4) is 0 Å². The number of rotatable bonds is 3. The van der Waals surface area contributed by atoms with Gasteiger partial charge in [-0.2, -0.15) is 0 Å². The van der Waals surface area contributed by atoms with E-state index in [0.717, 1.165) is 25.7 Å². The molecule has 1 saturated heterocycles. The lowest BCUT2D eigenvalue weighted by molar-refractivity contribution is -0.213. The zero-order valence-electron chi connectivity index (χ0n) is 10.5. The summed E-state index contributed by atoms with van der Waals surface area (Å²) in [6, 6.07) is -1.41. The Kier molecular flexibility index (Phi) is 3.87. The number of nitrogens with two attached hydrogens (primary N) is 1. The highest BCUT2D eigenvalue weighted by molar-refractivity contribution is 5.76. The van der Waals surface area contributed by atoms with E-state index in [4.69, 9.17) is 10.6 Å². The van der Waals surface area contributed by atoms with E-state index >= 15 is 0 Å². The van der Waals surface area contributed by atoms with Gasteiger partial charge in [-0.25, -0.2) is 4.79 Å². The van der Waals surface area contributed by atoms with Crippen molar-refractivity contribution in [2.24, 2.45) is 11.7 Å². The van der Waals surface area contributed by atoms with Crippen LogP contribution in [-0.2, 0) is 14.4 Å². The van der Waals surface area contributed by atoms with Crippen LogP contribution in [0.5, 0.6) is 0 Å². The van der Waals surface area contributed by atoms with Gasteiger partial charge in [0.05, 0.1) is 0 Å². The molecule has 2 fully saturated rings. The highest BCUT2D eigenvalue weighted by Crippen LogP contribution is 2.39. The quantitative estimate of drug-likeness (QED) is 0.764. The van der Waals surface area contributed by atoms with Crippen molar-refractivity contribution in [2.45, 2.75) is 57.2 Å². The number of nitrogens with zero attached hydrogens (tertiary/aromatic N) is 1. The van der Waals surface area contributed by atoms with Crippen molar-refractivity contribution >= 4 is 11.9 Å². The molecule has 0 aromatic rings. The van der Waals surface area contributed by atoms with Gasteiger partial charge in [0.15, 0.2) is 0 Å². The van der Waals surface area contributed by atoms with E-state index in [2.05, 4.69) is 0 Å². The predicted octanol–water partition coefficient (Wildman–Crippen LogP) is 0.509. The Bertz CT molecular complexity index is 345. The van der Waals surface area contributed by atoms with Gasteiger partial charge in [-0.15, -0.1) is 5.06 Å². The number of hydroxylamine groups is 2. The molecule has 3 N–H and O–H groups in total. The number of hydrogen-bond donors (Lipinski definition) is 2. The van der Waals surface area contributed by atoms with Crippen LogP contribution in [-0.4, -0.2) is 40.2 Å². The Morgan fingerprint density at radius 1 is 1.39 bits per heavy atom. The summed E-state index contributed by atoms with van der Waals surface area (Å²) in [6.45, 7) is 1.53. The summed E-state index contributed by atoms with van der Waals surface area (Å²) in [5.74, 6) is -1.17. The van der Waals surface area contributed by atoms with Crippen molar-refractivity contribution in [2.75, 3.05) is 0 Å². The van der Waals surface area contributed by atoms with Crippen molar-refractivity contribution < 1.29 is 19.5 Å². The Hall–Kier alpha value is -1.14. The standard InChI is InChI=1S/C12H20N2O4/c1-7(13)12(17)18-14-9-5-3-2-4-8(9)6-10(14)11(15)16/h7-10H,2-6,13H2,1H3,(H,15,16). The number of hydrogen-bond acceptors (Lipinski definition) is 5. The second kappa shape index (κ2) is 5.24. The van der Waals surface area contributed by atoms with Crippen molar-refractivity contribution in [3.8, 4) is 0 Å². The average Bonchev–Trinajstić information content (AvgIpc) is 2.68. The van der Waals surface area contributed by atoms with Gasteiger partial charge < -0.3 is 15.7 Å². The van der Waals surface area contributed by atoms with Crippen LogP contribution in [0.4, 0.5) is 0 Å². The van der Waals surface area contributed by atoms with Gasteiger partial charge in [-0.3, -0.25) is 4.79 Å². The lowest BCUT2D eigenvalue weighted by Crippen LogP contribution is -2.46. The fraction of sp³-hybridized carbons (Fsp3) is 0.833. The molecule has 0 aromatic heterocycles. The summed E-state index contributed by atoms with van der Waals surface area (Å²) in [5.41, 5.74) is 5.45. The molecule has 0 amide bonds. The van der Waals surface area contributed by atoms with Crippen LogP contribution in [0.1, 0.15) is 39.0 Å². The number of carbonyl (C=O) groups is 2. The summed E-state index contributed by atoms with van der Waals surface area (Å²) in [5, 5.41) is 10.6. The fourth-order valence-corrected chi connectivity index (χ4v) is 2.95. The predicted molar refractivity (Wildman–Crippen MR) is 63.4 cm³/mol. The van der Waals surface area contributed by atoms with Crippen LogP contribution < -0.4 is 5.73 Å². The SMILES string of the molecule is CC(N)C(=O)ON1C(C(=O)O)CC2CCCCC21. The van der Waals surface area contributed by atoms with Crippen LogP contribution in [0.2, 0.25) is 0 Å². The average molecular weight is 256 g/mol. The van der Waals surface area contributed by atoms with E-state index in [0.29, 0.717) is 12.3 Å². The van der Waals surface area contributed by atoms with E-state index in [1.54, 1.807) is 0 Å². The molecular weight excluding hydrogens is 236 g/mol. The zero-order chi connectivity index (χ0) is 13.3. The van der Waals surface area contributed by atoms with Gasteiger partial charge in [0.1, 0.15) is 12.1 Å². The monoisotopic (exact) mass is 256 g/mol. The van der Waals surface area contributed by atoms with Gasteiger partial charge in [0, 0.05) is 6.04 Å². The molecule has 0 bridgehead atoms. The van der Waals surface area contributed by atoms with Gasteiger partial charge in [-0.1, -0.05) is 12.8 Å². The third kappa shape index (κ3) is 2.49. The molecule has 4 unspecified atom stereocenters. The maximum absolute atomic E-state index is 11.6. The van der Waals surface area contributed by atoms with E-state index in [1.165, 1.54) is 12.0 Å². The van der Waals surface area contributed by atoms with Crippen molar-refractivity contribution in [1.29, 1.82) is 0 Å². The van der Waals surface area contributed by atoms with Crippen molar-refractivity contribution in [3.05, 3.63) is 0 Å². The van der Waals surface area contributed by atoms with Crippen molar-refractivity contribution in [1.82, 2.24) is 5.06 Å². The minimum atomic E-state index is -0.929. The van der Waals surface area contributed by atoms with Crippen LogP contribution in [0.15, 0.2) is 0 Å². The van der Waals surface area contributed by atoms with Crippen LogP contribution >= 0.6 is 0 Å². The number of carboxylic acids is 1. The second-order valence-corrected chi connectivity index (χ2v) is 5.26.